The fourth-order valence-corrected chi connectivity index (χ4v) is 2.19. The molecule has 0 aromatic carbocycles. The van der Waals surface area contributed by atoms with Crippen molar-refractivity contribution in [3.63, 3.8) is 0 Å². The van der Waals surface area contributed by atoms with Crippen LogP contribution in [0.3, 0.4) is 0 Å². The first-order valence-electron chi connectivity index (χ1n) is 5.97. The van der Waals surface area contributed by atoms with Gasteiger partial charge in [-0.05, 0) is 31.9 Å². The van der Waals surface area contributed by atoms with E-state index in [1.807, 2.05) is 18.7 Å². The molecule has 0 fully saturated rings. The number of carbonyl (C=O) groups excluding carboxylic acids is 1. The molecule has 0 saturated carbocycles. The van der Waals surface area contributed by atoms with Gasteiger partial charge in [0.25, 0.3) is 0 Å². The van der Waals surface area contributed by atoms with Crippen LogP contribution in [0, 0.1) is 0 Å². The van der Waals surface area contributed by atoms with Gasteiger partial charge in [0.1, 0.15) is 0 Å². The Morgan fingerprint density at radius 1 is 1.27 bits per heavy atom. The van der Waals surface area contributed by atoms with Crippen molar-refractivity contribution in [2.75, 3.05) is 12.4 Å². The second kappa shape index (κ2) is 10.3. The first kappa shape index (κ1) is 14.8. The van der Waals surface area contributed by atoms with Crippen molar-refractivity contribution in [2.24, 2.45) is 0 Å². The standard InChI is InChI=1S/C12H24O2S/c1-4-11(3)15-10-8-6-7-9-12(13)14-5-2/h11H,4-10H2,1-3H3. The third-order valence-corrected chi connectivity index (χ3v) is 3.73. The predicted octanol–water partition coefficient (Wildman–Crippen LogP) is 3.64. The molecule has 0 aliphatic carbocycles. The largest absolute Gasteiger partial charge is 0.466 e. The molecular formula is C12H24O2S. The van der Waals surface area contributed by atoms with Crippen LogP contribution in [0.15, 0.2) is 0 Å². The van der Waals surface area contributed by atoms with E-state index in [9.17, 15) is 4.79 Å². The van der Waals surface area contributed by atoms with Crippen molar-refractivity contribution in [2.45, 2.75) is 58.1 Å². The van der Waals surface area contributed by atoms with E-state index >= 15 is 0 Å². The zero-order valence-corrected chi connectivity index (χ0v) is 11.1. The van der Waals surface area contributed by atoms with E-state index in [4.69, 9.17) is 4.74 Å². The summed E-state index contributed by atoms with van der Waals surface area (Å²) in [4.78, 5) is 11.0. The Morgan fingerprint density at radius 3 is 2.60 bits per heavy atom. The van der Waals surface area contributed by atoms with E-state index in [1.54, 1.807) is 0 Å². The van der Waals surface area contributed by atoms with E-state index in [-0.39, 0.29) is 5.97 Å². The van der Waals surface area contributed by atoms with Crippen molar-refractivity contribution in [3.8, 4) is 0 Å². The van der Waals surface area contributed by atoms with Crippen LogP contribution in [-0.2, 0) is 9.53 Å². The van der Waals surface area contributed by atoms with Crippen LogP contribution >= 0.6 is 11.8 Å². The molecule has 0 heterocycles. The molecule has 0 aromatic heterocycles. The molecule has 0 aliphatic heterocycles. The Hall–Kier alpha value is -0.180. The molecule has 15 heavy (non-hydrogen) atoms. The molecule has 2 nitrogen and oxygen atoms in total. The summed E-state index contributed by atoms with van der Waals surface area (Å²) in [5.74, 6) is 1.17. The maximum atomic E-state index is 11.0. The van der Waals surface area contributed by atoms with Crippen molar-refractivity contribution >= 4 is 17.7 Å². The normalized spacial score (nSPS) is 12.5. The van der Waals surface area contributed by atoms with E-state index < -0.39 is 0 Å². The zero-order valence-electron chi connectivity index (χ0n) is 10.3. The van der Waals surface area contributed by atoms with Gasteiger partial charge < -0.3 is 4.74 Å². The summed E-state index contributed by atoms with van der Waals surface area (Å²) < 4.78 is 4.86. The molecule has 0 aliphatic rings. The van der Waals surface area contributed by atoms with Crippen LogP contribution in [0.4, 0.5) is 0 Å². The molecule has 0 rings (SSSR count). The summed E-state index contributed by atoms with van der Waals surface area (Å²) >= 11 is 2.03. The van der Waals surface area contributed by atoms with Gasteiger partial charge in [-0.3, -0.25) is 4.79 Å². The van der Waals surface area contributed by atoms with E-state index in [0.717, 1.165) is 18.1 Å². The number of hydrogen-bond donors (Lipinski definition) is 0. The van der Waals surface area contributed by atoms with Crippen LogP contribution in [0.2, 0.25) is 0 Å². The molecule has 0 bridgehead atoms. The lowest BCUT2D eigenvalue weighted by Crippen LogP contribution is -2.03. The Morgan fingerprint density at radius 2 is 2.00 bits per heavy atom. The number of thioether (sulfide) groups is 1. The van der Waals surface area contributed by atoms with Gasteiger partial charge in [0.05, 0.1) is 6.61 Å². The first-order chi connectivity index (χ1) is 7.20. The molecule has 0 aromatic rings. The van der Waals surface area contributed by atoms with E-state index in [1.165, 1.54) is 18.6 Å². The minimum atomic E-state index is -0.0490. The minimum absolute atomic E-state index is 0.0490. The van der Waals surface area contributed by atoms with Gasteiger partial charge in [0.2, 0.25) is 0 Å². The minimum Gasteiger partial charge on any atom is -0.466 e. The molecule has 3 heteroatoms. The highest BCUT2D eigenvalue weighted by Crippen LogP contribution is 2.16. The monoisotopic (exact) mass is 232 g/mol. The van der Waals surface area contributed by atoms with Gasteiger partial charge in [-0.25, -0.2) is 0 Å². The van der Waals surface area contributed by atoms with Crippen molar-refractivity contribution < 1.29 is 9.53 Å². The number of esters is 1. The topological polar surface area (TPSA) is 26.3 Å². The van der Waals surface area contributed by atoms with Gasteiger partial charge in [-0.2, -0.15) is 11.8 Å². The zero-order chi connectivity index (χ0) is 11.5. The first-order valence-corrected chi connectivity index (χ1v) is 7.02. The SMILES string of the molecule is CCOC(=O)CCCCCSC(C)CC. The van der Waals surface area contributed by atoms with Crippen LogP contribution < -0.4 is 0 Å². The number of unbranched alkanes of at least 4 members (excludes halogenated alkanes) is 2. The van der Waals surface area contributed by atoms with Crippen molar-refractivity contribution in [3.05, 3.63) is 0 Å². The maximum absolute atomic E-state index is 11.0. The van der Waals surface area contributed by atoms with Gasteiger partial charge >= 0.3 is 5.97 Å². The average Bonchev–Trinajstić information content (AvgIpc) is 2.23. The highest BCUT2D eigenvalue weighted by molar-refractivity contribution is 7.99. The summed E-state index contributed by atoms with van der Waals surface area (Å²) in [6, 6.07) is 0. The molecule has 0 radical (unpaired) electrons. The molecule has 1 atom stereocenters. The fraction of sp³-hybridized carbons (Fsp3) is 0.917. The van der Waals surface area contributed by atoms with Crippen molar-refractivity contribution in [1.29, 1.82) is 0 Å². The average molecular weight is 232 g/mol. The highest BCUT2D eigenvalue weighted by Gasteiger charge is 2.01. The maximum Gasteiger partial charge on any atom is 0.305 e. The van der Waals surface area contributed by atoms with Crippen LogP contribution in [0.25, 0.3) is 0 Å². The lowest BCUT2D eigenvalue weighted by Gasteiger charge is -2.07. The third-order valence-electron chi connectivity index (χ3n) is 2.31. The van der Waals surface area contributed by atoms with Gasteiger partial charge in [0, 0.05) is 11.7 Å². The Kier molecular flexibility index (Phi) is 10.2. The summed E-state index contributed by atoms with van der Waals surface area (Å²) in [5, 5.41) is 0.773. The number of hydrogen-bond acceptors (Lipinski definition) is 3. The van der Waals surface area contributed by atoms with Crippen LogP contribution in [0.5, 0.6) is 0 Å². The summed E-state index contributed by atoms with van der Waals surface area (Å²) in [6.07, 6.45) is 5.16. The Balaban J connectivity index is 3.14. The van der Waals surface area contributed by atoms with E-state index in [2.05, 4.69) is 13.8 Å². The molecule has 0 N–H and O–H groups in total. The molecular weight excluding hydrogens is 208 g/mol. The molecule has 0 saturated heterocycles. The molecule has 0 amide bonds. The van der Waals surface area contributed by atoms with Crippen molar-refractivity contribution in [1.82, 2.24) is 0 Å². The smallest absolute Gasteiger partial charge is 0.305 e. The second-order valence-corrected chi connectivity index (χ2v) is 5.25. The lowest BCUT2D eigenvalue weighted by atomic mass is 10.2. The molecule has 0 spiro atoms. The summed E-state index contributed by atoms with van der Waals surface area (Å²) in [6.45, 7) is 6.84. The number of ether oxygens (including phenoxy) is 1. The lowest BCUT2D eigenvalue weighted by molar-refractivity contribution is -0.143. The predicted molar refractivity (Wildman–Crippen MR) is 67.3 cm³/mol. The van der Waals surface area contributed by atoms with Gasteiger partial charge in [0.15, 0.2) is 0 Å². The van der Waals surface area contributed by atoms with Gasteiger partial charge in [-0.15, -0.1) is 0 Å². The second-order valence-electron chi connectivity index (χ2n) is 3.71. The number of carbonyl (C=O) groups is 1. The van der Waals surface area contributed by atoms with Crippen LogP contribution in [0.1, 0.15) is 52.9 Å². The number of rotatable bonds is 9. The third kappa shape index (κ3) is 10.1. The summed E-state index contributed by atoms with van der Waals surface area (Å²) in [5.41, 5.74) is 0. The Bertz CT molecular complexity index is 160. The molecule has 90 valence electrons. The summed E-state index contributed by atoms with van der Waals surface area (Å²) in [7, 11) is 0. The van der Waals surface area contributed by atoms with E-state index in [0.29, 0.717) is 13.0 Å². The van der Waals surface area contributed by atoms with Gasteiger partial charge in [-0.1, -0.05) is 20.3 Å². The Labute approximate surface area is 98.2 Å². The highest BCUT2D eigenvalue weighted by atomic mass is 32.2. The molecule has 1 unspecified atom stereocenters. The quantitative estimate of drug-likeness (QED) is 0.448. The fourth-order valence-electron chi connectivity index (χ4n) is 1.18. The van der Waals surface area contributed by atoms with Crippen LogP contribution in [-0.4, -0.2) is 23.6 Å².